The first-order chi connectivity index (χ1) is 13.8. The van der Waals surface area contributed by atoms with Gasteiger partial charge in [-0.15, -0.1) is 0 Å². The molecule has 150 valence electrons. The number of ketones is 1. The second-order valence-corrected chi connectivity index (χ2v) is 8.32. The number of carbonyl (C=O) groups is 1. The molecule has 0 fully saturated rings. The van der Waals surface area contributed by atoms with Gasteiger partial charge in [-0.25, -0.2) is 13.1 Å². The highest BCUT2D eigenvalue weighted by molar-refractivity contribution is 7.92. The number of allylic oxidation sites excluding steroid dienone is 1. The number of hydrogen-bond donors (Lipinski definition) is 2. The van der Waals surface area contributed by atoms with Crippen molar-refractivity contribution < 1.29 is 17.7 Å². The first kappa shape index (κ1) is 20.6. The minimum Gasteiger partial charge on any atom is -0.362 e. The fourth-order valence-corrected chi connectivity index (χ4v) is 3.52. The number of nitrogens with one attached hydrogen (secondary N) is 2. The number of sulfonamides is 1. The average Bonchev–Trinajstić information content (AvgIpc) is 3.00. The summed E-state index contributed by atoms with van der Waals surface area (Å²) in [5, 5.41) is 7.21. The molecule has 2 N–H and O–H groups in total. The molecule has 3 rings (SSSR count). The molecule has 0 aliphatic rings. The van der Waals surface area contributed by atoms with Crippen LogP contribution in [0.2, 0.25) is 5.02 Å². The van der Waals surface area contributed by atoms with Crippen molar-refractivity contribution in [1.29, 1.82) is 0 Å². The van der Waals surface area contributed by atoms with E-state index in [-0.39, 0.29) is 16.6 Å². The Labute approximate surface area is 173 Å². The minimum atomic E-state index is -3.81. The molecule has 0 unspecified atom stereocenters. The molecule has 0 radical (unpaired) electrons. The van der Waals surface area contributed by atoms with Crippen LogP contribution in [0.5, 0.6) is 0 Å². The fraction of sp³-hybridized carbons (Fsp3) is 0.100. The summed E-state index contributed by atoms with van der Waals surface area (Å²) < 4.78 is 32.3. The van der Waals surface area contributed by atoms with E-state index in [9.17, 15) is 13.2 Å². The maximum atomic E-state index is 12.5. The first-order valence-corrected chi connectivity index (χ1v) is 10.4. The summed E-state index contributed by atoms with van der Waals surface area (Å²) in [5.74, 6) is -0.0939. The molecule has 7 nitrogen and oxygen atoms in total. The number of halogens is 1. The Morgan fingerprint density at radius 3 is 2.31 bits per heavy atom. The lowest BCUT2D eigenvalue weighted by Gasteiger charge is -2.07. The maximum absolute atomic E-state index is 12.5. The molecule has 0 amide bonds. The highest BCUT2D eigenvalue weighted by atomic mass is 35.5. The minimum absolute atomic E-state index is 0.0673. The van der Waals surface area contributed by atoms with Gasteiger partial charge < -0.3 is 9.84 Å². The van der Waals surface area contributed by atoms with Crippen LogP contribution in [-0.2, 0) is 10.0 Å². The highest BCUT2D eigenvalue weighted by Gasteiger charge is 2.19. The molecule has 0 atom stereocenters. The summed E-state index contributed by atoms with van der Waals surface area (Å²) >= 11 is 5.80. The zero-order valence-electron chi connectivity index (χ0n) is 15.6. The third-order valence-corrected chi connectivity index (χ3v) is 5.76. The lowest BCUT2D eigenvalue weighted by molar-refractivity contribution is 0.104. The number of rotatable bonds is 7. The standard InChI is InChI=1S/C20H18ClN3O4S/c1-13-14(2)23-28-20(13)24-29(26,27)18-9-7-17(8-10-18)22-12-11-19(25)15-3-5-16(21)6-4-15/h3-12,22,24H,1-2H3. The lowest BCUT2D eigenvalue weighted by Crippen LogP contribution is -2.13. The molecular weight excluding hydrogens is 414 g/mol. The maximum Gasteiger partial charge on any atom is 0.264 e. The summed E-state index contributed by atoms with van der Waals surface area (Å²) in [6.45, 7) is 3.44. The van der Waals surface area contributed by atoms with Gasteiger partial charge in [0.1, 0.15) is 0 Å². The van der Waals surface area contributed by atoms with Crippen LogP contribution < -0.4 is 10.0 Å². The number of hydrogen-bond acceptors (Lipinski definition) is 6. The van der Waals surface area contributed by atoms with Gasteiger partial charge in [0.2, 0.25) is 5.88 Å². The van der Waals surface area contributed by atoms with E-state index in [0.717, 1.165) is 0 Å². The fourth-order valence-electron chi connectivity index (χ4n) is 2.35. The van der Waals surface area contributed by atoms with Crippen molar-refractivity contribution in [2.75, 3.05) is 10.0 Å². The van der Waals surface area contributed by atoms with Crippen LogP contribution in [0.3, 0.4) is 0 Å². The number of aryl methyl sites for hydroxylation is 1. The average molecular weight is 432 g/mol. The Kier molecular flexibility index (Phi) is 6.05. The number of aromatic nitrogens is 1. The Balaban J connectivity index is 1.64. The number of carbonyl (C=O) groups excluding carboxylic acids is 1. The second kappa shape index (κ2) is 8.50. The molecule has 2 aromatic carbocycles. The van der Waals surface area contributed by atoms with E-state index in [1.165, 1.54) is 24.4 Å². The molecule has 3 aromatic rings. The van der Waals surface area contributed by atoms with Crippen molar-refractivity contribution in [2.45, 2.75) is 18.7 Å². The third-order valence-electron chi connectivity index (χ3n) is 4.16. The molecule has 29 heavy (non-hydrogen) atoms. The first-order valence-electron chi connectivity index (χ1n) is 8.55. The van der Waals surface area contributed by atoms with Crippen molar-refractivity contribution in [2.24, 2.45) is 0 Å². The molecule has 0 aliphatic carbocycles. The molecular formula is C20H18ClN3O4S. The molecule has 0 saturated carbocycles. The summed E-state index contributed by atoms with van der Waals surface area (Å²) in [6, 6.07) is 12.6. The van der Waals surface area contributed by atoms with Gasteiger partial charge in [-0.2, -0.15) is 0 Å². The van der Waals surface area contributed by atoms with E-state index in [1.54, 1.807) is 50.2 Å². The largest absolute Gasteiger partial charge is 0.362 e. The van der Waals surface area contributed by atoms with E-state index in [4.69, 9.17) is 16.1 Å². The predicted octanol–water partition coefficient (Wildman–Crippen LogP) is 4.55. The number of benzene rings is 2. The van der Waals surface area contributed by atoms with Crippen molar-refractivity contribution in [3.8, 4) is 0 Å². The molecule has 0 aliphatic heterocycles. The normalized spacial score (nSPS) is 11.6. The number of nitrogens with zero attached hydrogens (tertiary/aromatic N) is 1. The third kappa shape index (κ3) is 5.04. The Bertz CT molecular complexity index is 1150. The van der Waals surface area contributed by atoms with E-state index < -0.39 is 10.0 Å². The summed E-state index contributed by atoms with van der Waals surface area (Å²) in [7, 11) is -3.81. The summed E-state index contributed by atoms with van der Waals surface area (Å²) in [6.07, 6.45) is 2.86. The topological polar surface area (TPSA) is 101 Å². The highest BCUT2D eigenvalue weighted by Crippen LogP contribution is 2.22. The van der Waals surface area contributed by atoms with Gasteiger partial charge in [0.15, 0.2) is 5.78 Å². The molecule has 1 heterocycles. The lowest BCUT2D eigenvalue weighted by atomic mass is 10.1. The van der Waals surface area contributed by atoms with Crippen LogP contribution in [0.1, 0.15) is 21.6 Å². The van der Waals surface area contributed by atoms with Gasteiger partial charge >= 0.3 is 0 Å². The monoisotopic (exact) mass is 431 g/mol. The second-order valence-electron chi connectivity index (χ2n) is 6.20. The number of anilines is 2. The van der Waals surface area contributed by atoms with Crippen LogP contribution in [0, 0.1) is 13.8 Å². The van der Waals surface area contributed by atoms with Crippen LogP contribution >= 0.6 is 11.6 Å². The Morgan fingerprint density at radius 1 is 1.07 bits per heavy atom. The molecule has 0 bridgehead atoms. The zero-order valence-corrected chi connectivity index (χ0v) is 17.2. The van der Waals surface area contributed by atoms with Crippen molar-refractivity contribution in [3.63, 3.8) is 0 Å². The molecule has 0 saturated heterocycles. The van der Waals surface area contributed by atoms with Gasteiger partial charge in [-0.3, -0.25) is 4.79 Å². The van der Waals surface area contributed by atoms with E-state index in [0.29, 0.717) is 27.5 Å². The summed E-state index contributed by atoms with van der Waals surface area (Å²) in [4.78, 5) is 12.1. The van der Waals surface area contributed by atoms with Crippen LogP contribution in [0.25, 0.3) is 0 Å². The van der Waals surface area contributed by atoms with Crippen LogP contribution in [0.15, 0.2) is 70.2 Å². The SMILES string of the molecule is Cc1noc(NS(=O)(=O)c2ccc(NC=CC(=O)c3ccc(Cl)cc3)cc2)c1C. The Hall–Kier alpha value is -3.10. The van der Waals surface area contributed by atoms with Crippen LogP contribution in [0.4, 0.5) is 11.6 Å². The van der Waals surface area contributed by atoms with E-state index in [1.807, 2.05) is 0 Å². The predicted molar refractivity (Wildman–Crippen MR) is 112 cm³/mol. The van der Waals surface area contributed by atoms with Gasteiger partial charge in [0.25, 0.3) is 10.0 Å². The molecule has 0 spiro atoms. The van der Waals surface area contributed by atoms with Crippen LogP contribution in [-0.4, -0.2) is 19.4 Å². The van der Waals surface area contributed by atoms with Gasteiger partial charge in [-0.05, 0) is 62.4 Å². The molecule has 1 aromatic heterocycles. The van der Waals surface area contributed by atoms with Gasteiger partial charge in [-0.1, -0.05) is 16.8 Å². The van der Waals surface area contributed by atoms with Gasteiger partial charge in [0, 0.05) is 34.1 Å². The Morgan fingerprint density at radius 2 is 1.72 bits per heavy atom. The zero-order chi connectivity index (χ0) is 21.0. The summed E-state index contributed by atoms with van der Waals surface area (Å²) in [5.41, 5.74) is 2.37. The van der Waals surface area contributed by atoms with E-state index in [2.05, 4.69) is 15.2 Å². The van der Waals surface area contributed by atoms with Crippen molar-refractivity contribution in [1.82, 2.24) is 5.16 Å². The molecule has 9 heteroatoms. The quantitative estimate of drug-likeness (QED) is 0.420. The van der Waals surface area contributed by atoms with Crippen molar-refractivity contribution in [3.05, 3.63) is 82.7 Å². The van der Waals surface area contributed by atoms with E-state index >= 15 is 0 Å². The smallest absolute Gasteiger partial charge is 0.264 e. The van der Waals surface area contributed by atoms with Gasteiger partial charge in [0.05, 0.1) is 10.6 Å². The van der Waals surface area contributed by atoms with Crippen molar-refractivity contribution >= 4 is 39.0 Å².